The molecule has 4 bridgehead atoms. The summed E-state index contributed by atoms with van der Waals surface area (Å²) in [6, 6.07) is 1.89. The number of ether oxygens (including phenoxy) is 1. The number of hydrogen-bond donors (Lipinski definition) is 0. The van der Waals surface area contributed by atoms with Gasteiger partial charge in [0.05, 0.1) is 12.5 Å². The fourth-order valence-corrected chi connectivity index (χ4v) is 6.64. The minimum Gasteiger partial charge on any atom is -0.481 e. The Balaban J connectivity index is 1.27. The minimum absolute atomic E-state index is 0.0222. The first-order chi connectivity index (χ1) is 13.0. The normalized spacial score (nSPS) is 34.8. The van der Waals surface area contributed by atoms with E-state index in [-0.39, 0.29) is 5.41 Å². The first kappa shape index (κ1) is 17.3. The fourth-order valence-electron chi connectivity index (χ4n) is 6.64. The number of methoxy groups -OCH3 is 1. The quantitative estimate of drug-likeness (QED) is 0.819. The van der Waals surface area contributed by atoms with Gasteiger partial charge in [0.2, 0.25) is 11.8 Å². The highest BCUT2D eigenvalue weighted by molar-refractivity contribution is 5.83. The van der Waals surface area contributed by atoms with E-state index in [2.05, 4.69) is 19.8 Å². The van der Waals surface area contributed by atoms with E-state index in [9.17, 15) is 4.79 Å². The van der Waals surface area contributed by atoms with Crippen LogP contribution in [0.1, 0.15) is 44.3 Å². The summed E-state index contributed by atoms with van der Waals surface area (Å²) in [6.45, 7) is 5.15. The Kier molecular flexibility index (Phi) is 4.06. The van der Waals surface area contributed by atoms with E-state index in [0.29, 0.717) is 11.8 Å². The van der Waals surface area contributed by atoms with Crippen molar-refractivity contribution in [3.63, 3.8) is 0 Å². The number of rotatable bonds is 3. The second-order valence-corrected chi connectivity index (χ2v) is 9.29. The molecule has 2 heterocycles. The van der Waals surface area contributed by atoms with Gasteiger partial charge in [0.1, 0.15) is 11.6 Å². The Bertz CT molecular complexity index is 706. The van der Waals surface area contributed by atoms with Crippen LogP contribution < -0.4 is 9.64 Å². The minimum atomic E-state index is -0.0222. The zero-order valence-corrected chi connectivity index (χ0v) is 16.5. The molecule has 0 N–H and O–H groups in total. The molecule has 6 nitrogen and oxygen atoms in total. The van der Waals surface area contributed by atoms with E-state index in [1.165, 1.54) is 19.3 Å². The highest BCUT2D eigenvalue weighted by Crippen LogP contribution is 2.60. The van der Waals surface area contributed by atoms with Gasteiger partial charge in [0.25, 0.3) is 0 Å². The molecule has 1 aromatic rings. The summed E-state index contributed by atoms with van der Waals surface area (Å²) < 4.78 is 5.28. The summed E-state index contributed by atoms with van der Waals surface area (Å²) in [5.74, 6) is 5.13. The summed E-state index contributed by atoms with van der Waals surface area (Å²) >= 11 is 0. The molecule has 1 saturated heterocycles. The lowest BCUT2D eigenvalue weighted by atomic mass is 9.49. The zero-order valence-electron chi connectivity index (χ0n) is 16.5. The molecule has 0 aromatic carbocycles. The molecule has 5 aliphatic rings. The van der Waals surface area contributed by atoms with Crippen molar-refractivity contribution in [2.45, 2.75) is 45.4 Å². The van der Waals surface area contributed by atoms with Gasteiger partial charge in [-0.25, -0.2) is 4.98 Å². The fraction of sp³-hybridized carbons (Fsp3) is 0.762. The van der Waals surface area contributed by atoms with Gasteiger partial charge in [0.15, 0.2) is 0 Å². The number of aromatic nitrogens is 2. The Morgan fingerprint density at radius 3 is 2.19 bits per heavy atom. The maximum Gasteiger partial charge on any atom is 0.228 e. The predicted molar refractivity (Wildman–Crippen MR) is 103 cm³/mol. The van der Waals surface area contributed by atoms with Crippen LogP contribution in [0.3, 0.4) is 0 Å². The summed E-state index contributed by atoms with van der Waals surface area (Å²) in [5.41, 5.74) is -0.0222. The molecule has 27 heavy (non-hydrogen) atoms. The van der Waals surface area contributed by atoms with Crippen molar-refractivity contribution < 1.29 is 9.53 Å². The maximum absolute atomic E-state index is 13.5. The largest absolute Gasteiger partial charge is 0.481 e. The number of carbonyl (C=O) groups excluding carboxylic acids is 1. The maximum atomic E-state index is 13.5. The molecular weight excluding hydrogens is 340 g/mol. The molecule has 0 radical (unpaired) electrons. The molecule has 1 amide bonds. The topological polar surface area (TPSA) is 58.6 Å². The van der Waals surface area contributed by atoms with Gasteiger partial charge in [0, 0.05) is 32.2 Å². The molecule has 4 aliphatic carbocycles. The standard InChI is InChI=1S/C21H30N4O2/c1-14-22-18(10-19(23-14)27-2)24-3-5-25(6-4-24)20(26)21-11-15-7-16(12-21)9-17(8-15)13-21/h10,15-17H,3-9,11-13H2,1-2H3. The van der Waals surface area contributed by atoms with Gasteiger partial charge in [-0.15, -0.1) is 0 Å². The Labute approximate surface area is 161 Å². The van der Waals surface area contributed by atoms with Gasteiger partial charge >= 0.3 is 0 Å². The lowest BCUT2D eigenvalue weighted by molar-refractivity contribution is -0.158. The van der Waals surface area contributed by atoms with Crippen LogP contribution in [0, 0.1) is 30.1 Å². The van der Waals surface area contributed by atoms with Crippen LogP contribution in [0.4, 0.5) is 5.82 Å². The summed E-state index contributed by atoms with van der Waals surface area (Å²) in [6.07, 6.45) is 7.61. The Hall–Kier alpha value is -1.85. The van der Waals surface area contributed by atoms with Crippen LogP contribution in [-0.2, 0) is 4.79 Å². The second kappa shape index (κ2) is 6.35. The van der Waals surface area contributed by atoms with Crippen molar-refractivity contribution in [3.05, 3.63) is 11.9 Å². The lowest BCUT2D eigenvalue weighted by Gasteiger charge is -2.57. The predicted octanol–water partition coefficient (Wildman–Crippen LogP) is 2.66. The van der Waals surface area contributed by atoms with Crippen LogP contribution in [0.25, 0.3) is 0 Å². The van der Waals surface area contributed by atoms with Crippen molar-refractivity contribution in [1.82, 2.24) is 14.9 Å². The molecule has 6 heteroatoms. The van der Waals surface area contributed by atoms with E-state index in [4.69, 9.17) is 4.74 Å². The molecule has 0 unspecified atom stereocenters. The molecular formula is C21H30N4O2. The molecule has 1 aliphatic heterocycles. The molecule has 0 atom stereocenters. The summed E-state index contributed by atoms with van der Waals surface area (Å²) in [4.78, 5) is 26.7. The smallest absolute Gasteiger partial charge is 0.228 e. The molecule has 4 saturated carbocycles. The van der Waals surface area contributed by atoms with E-state index in [1.807, 2.05) is 13.0 Å². The second-order valence-electron chi connectivity index (χ2n) is 9.29. The van der Waals surface area contributed by atoms with Crippen molar-refractivity contribution in [2.75, 3.05) is 38.2 Å². The average Bonchev–Trinajstić information content (AvgIpc) is 2.66. The number of carbonyl (C=O) groups is 1. The van der Waals surface area contributed by atoms with Gasteiger partial charge in [-0.1, -0.05) is 0 Å². The van der Waals surface area contributed by atoms with Crippen molar-refractivity contribution in [1.29, 1.82) is 0 Å². The van der Waals surface area contributed by atoms with Crippen LogP contribution in [-0.4, -0.2) is 54.1 Å². The monoisotopic (exact) mass is 370 g/mol. The van der Waals surface area contributed by atoms with E-state index < -0.39 is 0 Å². The van der Waals surface area contributed by atoms with Gasteiger partial charge < -0.3 is 14.5 Å². The third kappa shape index (κ3) is 2.97. The van der Waals surface area contributed by atoms with Crippen molar-refractivity contribution in [3.8, 4) is 5.88 Å². The number of aryl methyl sites for hydroxylation is 1. The highest BCUT2D eigenvalue weighted by atomic mass is 16.5. The van der Waals surface area contributed by atoms with E-state index in [1.54, 1.807) is 7.11 Å². The molecule has 146 valence electrons. The summed E-state index contributed by atoms with van der Waals surface area (Å²) in [5, 5.41) is 0. The van der Waals surface area contributed by atoms with Crippen molar-refractivity contribution in [2.24, 2.45) is 23.2 Å². The number of nitrogens with zero attached hydrogens (tertiary/aromatic N) is 4. The van der Waals surface area contributed by atoms with Crippen LogP contribution in [0.5, 0.6) is 5.88 Å². The molecule has 1 aromatic heterocycles. The number of hydrogen-bond acceptors (Lipinski definition) is 5. The average molecular weight is 370 g/mol. The number of amides is 1. The first-order valence-electron chi connectivity index (χ1n) is 10.5. The Morgan fingerprint density at radius 2 is 1.63 bits per heavy atom. The first-order valence-corrected chi connectivity index (χ1v) is 10.5. The third-order valence-corrected chi connectivity index (χ3v) is 7.39. The molecule has 0 spiro atoms. The van der Waals surface area contributed by atoms with Crippen LogP contribution in [0.2, 0.25) is 0 Å². The van der Waals surface area contributed by atoms with Crippen LogP contribution >= 0.6 is 0 Å². The lowest BCUT2D eigenvalue weighted by Crippen LogP contribution is -2.58. The third-order valence-electron chi connectivity index (χ3n) is 7.39. The van der Waals surface area contributed by atoms with Gasteiger partial charge in [-0.05, 0) is 63.2 Å². The van der Waals surface area contributed by atoms with Crippen molar-refractivity contribution >= 4 is 11.7 Å². The highest BCUT2D eigenvalue weighted by Gasteiger charge is 2.55. The number of piperazine rings is 1. The molecule has 6 rings (SSSR count). The van der Waals surface area contributed by atoms with Gasteiger partial charge in [-0.3, -0.25) is 4.79 Å². The van der Waals surface area contributed by atoms with Gasteiger partial charge in [-0.2, -0.15) is 4.98 Å². The van der Waals surface area contributed by atoms with Crippen LogP contribution in [0.15, 0.2) is 6.07 Å². The van der Waals surface area contributed by atoms with E-state index in [0.717, 1.165) is 74.8 Å². The SMILES string of the molecule is COc1cc(N2CCN(C(=O)C34CC5CC(CC(C5)C3)C4)CC2)nc(C)n1. The Morgan fingerprint density at radius 1 is 1.04 bits per heavy atom. The number of anilines is 1. The zero-order chi connectivity index (χ0) is 18.6. The van der Waals surface area contributed by atoms with E-state index >= 15 is 0 Å². The molecule has 5 fully saturated rings. The summed E-state index contributed by atoms with van der Waals surface area (Å²) in [7, 11) is 1.63.